The highest BCUT2D eigenvalue weighted by Gasteiger charge is 2.21. The Kier molecular flexibility index (Phi) is 6.53. The van der Waals surface area contributed by atoms with Gasteiger partial charge in [0.1, 0.15) is 5.75 Å². The third-order valence-corrected chi connectivity index (χ3v) is 3.20. The van der Waals surface area contributed by atoms with Crippen LogP contribution in [0.2, 0.25) is 0 Å². The van der Waals surface area contributed by atoms with Crippen LogP contribution in [0.1, 0.15) is 30.6 Å². The monoisotopic (exact) mass is 265 g/mol. The van der Waals surface area contributed by atoms with Crippen LogP contribution < -0.4 is 4.74 Å². The molecule has 1 aromatic rings. The Morgan fingerprint density at radius 1 is 1.32 bits per heavy atom. The Morgan fingerprint density at radius 2 is 1.95 bits per heavy atom. The molecule has 0 heterocycles. The van der Waals surface area contributed by atoms with Gasteiger partial charge in [0, 0.05) is 12.1 Å². The lowest BCUT2D eigenvalue weighted by Crippen LogP contribution is -2.41. The molecule has 19 heavy (non-hydrogen) atoms. The van der Waals surface area contributed by atoms with E-state index >= 15 is 0 Å². The molecule has 4 nitrogen and oxygen atoms in total. The first-order valence-electron chi connectivity index (χ1n) is 6.67. The van der Waals surface area contributed by atoms with E-state index in [9.17, 15) is 4.79 Å². The zero-order chi connectivity index (χ0) is 14.3. The van der Waals surface area contributed by atoms with E-state index in [-0.39, 0.29) is 18.4 Å². The van der Waals surface area contributed by atoms with Crippen molar-refractivity contribution in [3.8, 4) is 5.75 Å². The van der Waals surface area contributed by atoms with Crippen molar-refractivity contribution in [2.24, 2.45) is 0 Å². The molecule has 0 aliphatic rings. The number of hydrogen-bond donors (Lipinski definition) is 1. The number of Topliss-reactive ketones (excluding diaryl/α,β-unsaturated/α-hetero) is 1. The predicted octanol–water partition coefficient (Wildman–Crippen LogP) is 1.97. The van der Waals surface area contributed by atoms with Gasteiger partial charge in [-0.3, -0.25) is 9.69 Å². The van der Waals surface area contributed by atoms with E-state index in [0.29, 0.717) is 12.1 Å². The number of nitrogens with zero attached hydrogens (tertiary/aromatic N) is 1. The third kappa shape index (κ3) is 4.33. The molecule has 1 atom stereocenters. The molecule has 0 aliphatic carbocycles. The molecule has 4 heteroatoms. The topological polar surface area (TPSA) is 49.8 Å². The fourth-order valence-corrected chi connectivity index (χ4v) is 2.08. The second-order valence-electron chi connectivity index (χ2n) is 4.53. The smallest absolute Gasteiger partial charge is 0.179 e. The minimum atomic E-state index is -0.222. The second kappa shape index (κ2) is 7.92. The van der Waals surface area contributed by atoms with Gasteiger partial charge in [-0.05, 0) is 44.2 Å². The summed E-state index contributed by atoms with van der Waals surface area (Å²) in [5, 5.41) is 9.06. The molecule has 106 valence electrons. The average Bonchev–Trinajstić information content (AvgIpc) is 2.45. The first-order valence-corrected chi connectivity index (χ1v) is 6.67. The van der Waals surface area contributed by atoms with Crippen molar-refractivity contribution in [1.29, 1.82) is 0 Å². The zero-order valence-corrected chi connectivity index (χ0v) is 11.9. The number of carbonyl (C=O) groups excluding carboxylic acids is 1. The van der Waals surface area contributed by atoms with E-state index in [1.807, 2.05) is 11.8 Å². The highest BCUT2D eigenvalue weighted by atomic mass is 16.5. The van der Waals surface area contributed by atoms with Crippen molar-refractivity contribution in [2.45, 2.75) is 26.3 Å². The molecule has 0 saturated heterocycles. The summed E-state index contributed by atoms with van der Waals surface area (Å²) in [6.45, 7) is 5.35. The summed E-state index contributed by atoms with van der Waals surface area (Å²) in [4.78, 5) is 14.4. The van der Waals surface area contributed by atoms with Crippen LogP contribution >= 0.6 is 0 Å². The van der Waals surface area contributed by atoms with E-state index < -0.39 is 0 Å². The quantitative estimate of drug-likeness (QED) is 0.730. The van der Waals surface area contributed by atoms with Crippen LogP contribution in [0.15, 0.2) is 24.3 Å². The van der Waals surface area contributed by atoms with E-state index in [1.54, 1.807) is 31.4 Å². The predicted molar refractivity (Wildman–Crippen MR) is 75.7 cm³/mol. The number of aliphatic hydroxyl groups excluding tert-OH is 1. The summed E-state index contributed by atoms with van der Waals surface area (Å²) >= 11 is 0. The van der Waals surface area contributed by atoms with Gasteiger partial charge in [-0.2, -0.15) is 0 Å². The second-order valence-corrected chi connectivity index (χ2v) is 4.53. The minimum Gasteiger partial charge on any atom is -0.497 e. The van der Waals surface area contributed by atoms with E-state index in [2.05, 4.69) is 6.92 Å². The molecule has 0 radical (unpaired) electrons. The summed E-state index contributed by atoms with van der Waals surface area (Å²) in [6, 6.07) is 6.91. The average molecular weight is 265 g/mol. The molecule has 0 bridgehead atoms. The van der Waals surface area contributed by atoms with Crippen molar-refractivity contribution < 1.29 is 14.6 Å². The minimum absolute atomic E-state index is 0.0697. The van der Waals surface area contributed by atoms with Gasteiger partial charge in [-0.15, -0.1) is 0 Å². The van der Waals surface area contributed by atoms with Gasteiger partial charge >= 0.3 is 0 Å². The fraction of sp³-hybridized carbons (Fsp3) is 0.533. The summed E-state index contributed by atoms with van der Waals surface area (Å²) < 4.78 is 5.08. The summed E-state index contributed by atoms with van der Waals surface area (Å²) in [6.07, 6.45) is 0.959. The van der Waals surface area contributed by atoms with Gasteiger partial charge < -0.3 is 9.84 Å². The number of ether oxygens (including phenoxy) is 1. The van der Waals surface area contributed by atoms with Crippen LogP contribution in [0.4, 0.5) is 0 Å². The number of benzene rings is 1. The Labute approximate surface area is 115 Å². The fourth-order valence-electron chi connectivity index (χ4n) is 2.08. The number of ketones is 1. The number of carbonyl (C=O) groups is 1. The SMILES string of the molecule is CCCN(CCO)C(C)C(=O)c1ccc(OC)cc1. The van der Waals surface area contributed by atoms with E-state index in [4.69, 9.17) is 9.84 Å². The van der Waals surface area contributed by atoms with Gasteiger partial charge in [-0.1, -0.05) is 6.92 Å². The van der Waals surface area contributed by atoms with Crippen molar-refractivity contribution in [2.75, 3.05) is 26.8 Å². The van der Waals surface area contributed by atoms with Crippen LogP contribution in [0.25, 0.3) is 0 Å². The van der Waals surface area contributed by atoms with Crippen molar-refractivity contribution in [1.82, 2.24) is 4.90 Å². The molecule has 0 fully saturated rings. The third-order valence-electron chi connectivity index (χ3n) is 3.20. The van der Waals surface area contributed by atoms with E-state index in [1.165, 1.54) is 0 Å². The van der Waals surface area contributed by atoms with Gasteiger partial charge in [0.2, 0.25) is 0 Å². The molecule has 1 aromatic carbocycles. The highest BCUT2D eigenvalue weighted by molar-refractivity contribution is 5.99. The lowest BCUT2D eigenvalue weighted by molar-refractivity contribution is 0.0808. The van der Waals surface area contributed by atoms with Crippen LogP contribution in [0, 0.1) is 0 Å². The van der Waals surface area contributed by atoms with Gasteiger partial charge in [0.05, 0.1) is 19.8 Å². The maximum Gasteiger partial charge on any atom is 0.179 e. The molecule has 0 spiro atoms. The van der Waals surface area contributed by atoms with Crippen molar-refractivity contribution in [3.05, 3.63) is 29.8 Å². The Balaban J connectivity index is 2.78. The maximum atomic E-state index is 12.4. The zero-order valence-electron chi connectivity index (χ0n) is 11.9. The van der Waals surface area contributed by atoms with Crippen LogP contribution in [0.3, 0.4) is 0 Å². The number of rotatable bonds is 8. The molecule has 1 rings (SSSR count). The van der Waals surface area contributed by atoms with Gasteiger partial charge in [0.15, 0.2) is 5.78 Å². The Hall–Kier alpha value is -1.39. The number of aliphatic hydroxyl groups is 1. The van der Waals surface area contributed by atoms with Crippen LogP contribution in [0.5, 0.6) is 5.75 Å². The lowest BCUT2D eigenvalue weighted by atomic mass is 10.0. The summed E-state index contributed by atoms with van der Waals surface area (Å²) in [5.41, 5.74) is 0.673. The molecule has 0 amide bonds. The van der Waals surface area contributed by atoms with Gasteiger partial charge in [-0.25, -0.2) is 0 Å². The molecular formula is C15H23NO3. The van der Waals surface area contributed by atoms with Crippen molar-refractivity contribution >= 4 is 5.78 Å². The summed E-state index contributed by atoms with van der Waals surface area (Å²) in [7, 11) is 1.60. The van der Waals surface area contributed by atoms with Crippen molar-refractivity contribution in [3.63, 3.8) is 0 Å². The maximum absolute atomic E-state index is 12.4. The highest BCUT2D eigenvalue weighted by Crippen LogP contribution is 2.14. The molecule has 1 N–H and O–H groups in total. The van der Waals surface area contributed by atoms with Gasteiger partial charge in [0.25, 0.3) is 0 Å². The Bertz CT molecular complexity index is 383. The Morgan fingerprint density at radius 3 is 2.42 bits per heavy atom. The first-order chi connectivity index (χ1) is 9.13. The van der Waals surface area contributed by atoms with Crippen LogP contribution in [-0.4, -0.2) is 48.6 Å². The standard InChI is InChI=1S/C15H23NO3/c1-4-9-16(10-11-17)12(2)15(18)13-5-7-14(19-3)8-6-13/h5-8,12,17H,4,9-11H2,1-3H3. The molecule has 0 saturated carbocycles. The normalized spacial score (nSPS) is 12.5. The van der Waals surface area contributed by atoms with Crippen LogP contribution in [-0.2, 0) is 0 Å². The molecule has 0 aromatic heterocycles. The largest absolute Gasteiger partial charge is 0.497 e. The van der Waals surface area contributed by atoms with E-state index in [0.717, 1.165) is 18.7 Å². The molecule has 1 unspecified atom stereocenters. The first kappa shape index (κ1) is 15.7. The summed E-state index contributed by atoms with van der Waals surface area (Å²) in [5.74, 6) is 0.814. The molecular weight excluding hydrogens is 242 g/mol. The number of hydrogen-bond acceptors (Lipinski definition) is 4. The lowest BCUT2D eigenvalue weighted by Gasteiger charge is -2.27. The molecule has 0 aliphatic heterocycles. The number of methoxy groups -OCH3 is 1.